The Morgan fingerprint density at radius 1 is 1.44 bits per heavy atom. The van der Waals surface area contributed by atoms with Crippen molar-refractivity contribution < 1.29 is 9.53 Å². The molecule has 4 heteroatoms. The molecular formula is C12H24NO2Si-. The van der Waals surface area contributed by atoms with E-state index >= 15 is 0 Å². The molecule has 94 valence electrons. The summed E-state index contributed by atoms with van der Waals surface area (Å²) in [5, 5.41) is 11.4. The smallest absolute Gasteiger partial charge is 0.192 e. The lowest BCUT2D eigenvalue weighted by Gasteiger charge is -2.37. The van der Waals surface area contributed by atoms with Gasteiger partial charge in [-0.05, 0) is 43.3 Å². The van der Waals surface area contributed by atoms with Crippen molar-refractivity contribution >= 4 is 14.2 Å². The monoisotopic (exact) mass is 242 g/mol. The fourth-order valence-electron chi connectivity index (χ4n) is 1.46. The van der Waals surface area contributed by atoms with Crippen LogP contribution >= 0.6 is 0 Å². The zero-order valence-corrected chi connectivity index (χ0v) is 12.2. The van der Waals surface area contributed by atoms with Gasteiger partial charge >= 0.3 is 0 Å². The van der Waals surface area contributed by atoms with E-state index in [1.807, 2.05) is 0 Å². The minimum absolute atomic E-state index is 0.0510. The quantitative estimate of drug-likeness (QED) is 0.713. The Bertz CT molecular complexity index is 269. The molecule has 0 aliphatic carbocycles. The van der Waals surface area contributed by atoms with E-state index < -0.39 is 8.32 Å². The van der Waals surface area contributed by atoms with Gasteiger partial charge in [-0.2, -0.15) is 0 Å². The molecule has 0 fully saturated rings. The zero-order valence-electron chi connectivity index (χ0n) is 11.2. The van der Waals surface area contributed by atoms with Gasteiger partial charge in [-0.1, -0.05) is 20.8 Å². The maximum Gasteiger partial charge on any atom is 0.192 e. The Labute approximate surface area is 100 Å². The maximum atomic E-state index is 11.2. The van der Waals surface area contributed by atoms with Gasteiger partial charge < -0.3 is 9.53 Å². The highest BCUT2D eigenvalue weighted by Gasteiger charge is 2.37. The number of hydrogen-bond donors (Lipinski definition) is 0. The summed E-state index contributed by atoms with van der Waals surface area (Å²) in [6.07, 6.45) is 2.59. The van der Waals surface area contributed by atoms with E-state index in [0.29, 0.717) is 13.0 Å². The third-order valence-electron chi connectivity index (χ3n) is 3.70. The van der Waals surface area contributed by atoms with E-state index in [4.69, 9.17) is 4.43 Å². The van der Waals surface area contributed by atoms with Crippen LogP contribution in [-0.4, -0.2) is 26.9 Å². The standard InChI is InChI=1S/C12H25NO2Si/c1-12(2,3)16(4,5)15-9-10-7-6-8-11(14)13-10/h10H,6-9H2,1-5H3,(H,13,14)/p-1/t10-/m1/s1. The first-order valence-electron chi connectivity index (χ1n) is 6.10. The molecule has 0 aromatic heterocycles. The molecule has 0 aromatic rings. The minimum Gasteiger partial charge on any atom is -0.862 e. The summed E-state index contributed by atoms with van der Waals surface area (Å²) in [5.74, 6) is 0.0510. The Hall–Kier alpha value is -0.353. The summed E-state index contributed by atoms with van der Waals surface area (Å²) < 4.78 is 6.07. The SMILES string of the molecule is CC(C)(C)[Si](C)(C)OC[C@H]1CCCC([O-])=N1. The van der Waals surface area contributed by atoms with Gasteiger partial charge in [-0.3, -0.25) is 4.99 Å². The molecule has 1 aliphatic rings. The van der Waals surface area contributed by atoms with Gasteiger partial charge in [0.25, 0.3) is 0 Å². The summed E-state index contributed by atoms with van der Waals surface area (Å²) in [6, 6.07) is 0.107. The van der Waals surface area contributed by atoms with Gasteiger partial charge in [-0.15, -0.1) is 0 Å². The van der Waals surface area contributed by atoms with Crippen LogP contribution < -0.4 is 5.11 Å². The molecule has 0 radical (unpaired) electrons. The van der Waals surface area contributed by atoms with Crippen LogP contribution in [0.1, 0.15) is 40.0 Å². The number of aliphatic imine (C=N–C) groups is 1. The van der Waals surface area contributed by atoms with Crippen molar-refractivity contribution in [3.05, 3.63) is 0 Å². The summed E-state index contributed by atoms with van der Waals surface area (Å²) in [7, 11) is -1.68. The topological polar surface area (TPSA) is 44.6 Å². The number of nitrogens with zero attached hydrogens (tertiary/aromatic N) is 1. The summed E-state index contributed by atoms with van der Waals surface area (Å²) in [5.41, 5.74) is 0. The molecule has 0 saturated heterocycles. The van der Waals surface area contributed by atoms with Gasteiger partial charge in [0.15, 0.2) is 8.32 Å². The van der Waals surface area contributed by atoms with Crippen molar-refractivity contribution in [3.8, 4) is 0 Å². The van der Waals surface area contributed by atoms with E-state index in [1.54, 1.807) is 0 Å². The molecule has 0 spiro atoms. The third-order valence-corrected chi connectivity index (χ3v) is 8.20. The molecule has 3 nitrogen and oxygen atoms in total. The van der Waals surface area contributed by atoms with Crippen molar-refractivity contribution in [2.75, 3.05) is 6.61 Å². The molecule has 1 aliphatic heterocycles. The molecule has 0 N–H and O–H groups in total. The molecule has 0 aromatic carbocycles. The first kappa shape index (κ1) is 13.7. The zero-order chi connectivity index (χ0) is 12.4. The lowest BCUT2D eigenvalue weighted by atomic mass is 10.1. The van der Waals surface area contributed by atoms with Crippen molar-refractivity contribution in [1.82, 2.24) is 0 Å². The number of rotatable bonds is 3. The van der Waals surface area contributed by atoms with Gasteiger partial charge in [-0.25, -0.2) is 0 Å². The molecule has 0 amide bonds. The lowest BCUT2D eigenvalue weighted by molar-refractivity contribution is -0.220. The molecule has 1 atom stereocenters. The van der Waals surface area contributed by atoms with Crippen LogP contribution in [0.5, 0.6) is 0 Å². The number of hydrogen-bond acceptors (Lipinski definition) is 3. The molecule has 0 saturated carbocycles. The van der Waals surface area contributed by atoms with E-state index in [-0.39, 0.29) is 17.0 Å². The van der Waals surface area contributed by atoms with E-state index in [9.17, 15) is 5.11 Å². The highest BCUT2D eigenvalue weighted by atomic mass is 28.4. The second-order valence-electron chi connectivity index (χ2n) is 6.14. The third kappa shape index (κ3) is 3.59. The van der Waals surface area contributed by atoms with Crippen LogP contribution in [-0.2, 0) is 4.43 Å². The Morgan fingerprint density at radius 2 is 2.06 bits per heavy atom. The first-order chi connectivity index (χ1) is 7.22. The average molecular weight is 242 g/mol. The van der Waals surface area contributed by atoms with Crippen molar-refractivity contribution in [2.45, 2.75) is 64.2 Å². The fraction of sp³-hybridized carbons (Fsp3) is 0.917. The van der Waals surface area contributed by atoms with Crippen LogP contribution in [0.4, 0.5) is 0 Å². The van der Waals surface area contributed by atoms with Crippen LogP contribution in [0.25, 0.3) is 0 Å². The molecule has 16 heavy (non-hydrogen) atoms. The Kier molecular flexibility index (Phi) is 4.18. The van der Waals surface area contributed by atoms with Crippen LogP contribution in [0.15, 0.2) is 4.99 Å². The predicted octanol–water partition coefficient (Wildman–Crippen LogP) is 2.32. The first-order valence-corrected chi connectivity index (χ1v) is 9.01. The molecule has 1 heterocycles. The highest BCUT2D eigenvalue weighted by Crippen LogP contribution is 2.36. The predicted molar refractivity (Wildman–Crippen MR) is 68.2 cm³/mol. The molecule has 1 rings (SSSR count). The summed E-state index contributed by atoms with van der Waals surface area (Å²) in [4.78, 5) is 4.13. The van der Waals surface area contributed by atoms with Crippen molar-refractivity contribution in [3.63, 3.8) is 0 Å². The van der Waals surface area contributed by atoms with Crippen molar-refractivity contribution in [1.29, 1.82) is 0 Å². The van der Waals surface area contributed by atoms with Gasteiger partial charge in [0.1, 0.15) is 0 Å². The molecule has 0 unspecified atom stereocenters. The Morgan fingerprint density at radius 3 is 2.56 bits per heavy atom. The molecule has 0 bridgehead atoms. The van der Waals surface area contributed by atoms with Gasteiger partial charge in [0.2, 0.25) is 0 Å². The van der Waals surface area contributed by atoms with E-state index in [0.717, 1.165) is 12.8 Å². The second kappa shape index (κ2) is 4.88. The van der Waals surface area contributed by atoms with Crippen molar-refractivity contribution in [2.24, 2.45) is 4.99 Å². The van der Waals surface area contributed by atoms with E-state index in [2.05, 4.69) is 38.9 Å². The average Bonchev–Trinajstić information content (AvgIpc) is 2.13. The molecular weight excluding hydrogens is 218 g/mol. The highest BCUT2D eigenvalue weighted by molar-refractivity contribution is 6.74. The van der Waals surface area contributed by atoms with Gasteiger partial charge in [0, 0.05) is 0 Å². The second-order valence-corrected chi connectivity index (χ2v) is 10.9. The maximum absolute atomic E-state index is 11.2. The van der Waals surface area contributed by atoms with Crippen LogP contribution in [0.2, 0.25) is 18.1 Å². The van der Waals surface area contributed by atoms with Crippen LogP contribution in [0.3, 0.4) is 0 Å². The minimum atomic E-state index is -1.68. The fourth-order valence-corrected chi connectivity index (χ4v) is 2.51. The van der Waals surface area contributed by atoms with E-state index in [1.165, 1.54) is 0 Å². The van der Waals surface area contributed by atoms with Crippen LogP contribution in [0, 0.1) is 0 Å². The lowest BCUT2D eigenvalue weighted by Crippen LogP contribution is -2.43. The van der Waals surface area contributed by atoms with Gasteiger partial charge in [0.05, 0.1) is 12.6 Å². The summed E-state index contributed by atoms with van der Waals surface area (Å²) >= 11 is 0. The largest absolute Gasteiger partial charge is 0.862 e. The Balaban J connectivity index is 2.48. The normalized spacial score (nSPS) is 23.1. The summed E-state index contributed by atoms with van der Waals surface area (Å²) in [6.45, 7) is 11.8.